The maximum Gasteiger partial charge on any atom is 0.322 e. The minimum Gasteiger partial charge on any atom is -0.325 e. The van der Waals surface area contributed by atoms with Crippen molar-refractivity contribution in [1.29, 1.82) is 0 Å². The predicted octanol–water partition coefficient (Wildman–Crippen LogP) is -0.0479. The van der Waals surface area contributed by atoms with Gasteiger partial charge >= 0.3 is 6.03 Å². The van der Waals surface area contributed by atoms with Gasteiger partial charge in [-0.3, -0.25) is 14.9 Å². The summed E-state index contributed by atoms with van der Waals surface area (Å²) >= 11 is 1.35. The minimum absolute atomic E-state index is 0.115. The average Bonchev–Trinajstić information content (AvgIpc) is 3.01. The lowest BCUT2D eigenvalue weighted by atomic mass is 10.2. The number of hydrogen-bond donors (Lipinski definition) is 3. The predicted molar refractivity (Wildman–Crippen MR) is 65.6 cm³/mol. The first-order chi connectivity index (χ1) is 9.11. The highest BCUT2D eigenvalue weighted by Crippen LogP contribution is 2.42. The van der Waals surface area contributed by atoms with E-state index in [1.807, 2.05) is 0 Å². The van der Waals surface area contributed by atoms with Crippen molar-refractivity contribution in [2.75, 3.05) is 5.32 Å². The molecule has 100 valence electrons. The van der Waals surface area contributed by atoms with E-state index in [0.717, 1.165) is 17.8 Å². The van der Waals surface area contributed by atoms with Crippen LogP contribution in [0.2, 0.25) is 0 Å². The average molecular weight is 281 g/mol. The normalized spacial score (nSPS) is 22.0. The van der Waals surface area contributed by atoms with E-state index in [4.69, 9.17) is 0 Å². The van der Waals surface area contributed by atoms with Crippen LogP contribution in [0.25, 0.3) is 0 Å². The Labute approximate surface area is 112 Å². The van der Waals surface area contributed by atoms with Crippen LogP contribution >= 0.6 is 11.3 Å². The third kappa shape index (κ3) is 2.70. The Kier molecular flexibility index (Phi) is 2.90. The van der Waals surface area contributed by atoms with Gasteiger partial charge in [0.05, 0.1) is 6.42 Å². The van der Waals surface area contributed by atoms with Gasteiger partial charge in [0.1, 0.15) is 11.0 Å². The summed E-state index contributed by atoms with van der Waals surface area (Å²) in [6.45, 7) is 0. The number of nitrogens with zero attached hydrogens (tertiary/aromatic N) is 2. The smallest absolute Gasteiger partial charge is 0.322 e. The highest BCUT2D eigenvalue weighted by molar-refractivity contribution is 7.15. The largest absolute Gasteiger partial charge is 0.325 e. The fourth-order valence-electron chi connectivity index (χ4n) is 1.74. The standard InChI is InChI=1S/C10H11N5O3S/c16-6(3-5-7(17)13-9(18)11-5)12-10-15-14-8(19-10)4-1-2-4/h4-5H,1-3H2,(H,12,15,16)(H2,11,13,17,18). The first kappa shape index (κ1) is 12.0. The summed E-state index contributed by atoms with van der Waals surface area (Å²) in [6.07, 6.45) is 2.13. The van der Waals surface area contributed by atoms with Gasteiger partial charge in [-0.15, -0.1) is 10.2 Å². The Morgan fingerprint density at radius 2 is 2.16 bits per heavy atom. The van der Waals surface area contributed by atoms with Crippen molar-refractivity contribution in [2.45, 2.75) is 31.2 Å². The number of nitrogens with one attached hydrogen (secondary N) is 3. The lowest BCUT2D eigenvalue weighted by Gasteiger charge is -2.05. The Morgan fingerprint density at radius 1 is 1.37 bits per heavy atom. The molecule has 2 fully saturated rings. The fraction of sp³-hybridized carbons (Fsp3) is 0.500. The van der Waals surface area contributed by atoms with Gasteiger partial charge in [-0.2, -0.15) is 0 Å². The quantitative estimate of drug-likeness (QED) is 0.670. The van der Waals surface area contributed by atoms with Crippen molar-refractivity contribution < 1.29 is 14.4 Å². The number of urea groups is 1. The molecule has 1 aliphatic heterocycles. The maximum absolute atomic E-state index is 11.7. The zero-order chi connectivity index (χ0) is 13.4. The van der Waals surface area contributed by atoms with Crippen molar-refractivity contribution in [1.82, 2.24) is 20.8 Å². The molecular formula is C10H11N5O3S. The molecule has 2 heterocycles. The van der Waals surface area contributed by atoms with E-state index in [2.05, 4.69) is 26.1 Å². The van der Waals surface area contributed by atoms with Gasteiger partial charge in [-0.25, -0.2) is 4.79 Å². The van der Waals surface area contributed by atoms with Crippen LogP contribution < -0.4 is 16.0 Å². The summed E-state index contributed by atoms with van der Waals surface area (Å²) in [5.74, 6) is -0.375. The summed E-state index contributed by atoms with van der Waals surface area (Å²) in [7, 11) is 0. The van der Waals surface area contributed by atoms with Crippen molar-refractivity contribution in [3.05, 3.63) is 5.01 Å². The van der Waals surface area contributed by atoms with E-state index >= 15 is 0 Å². The summed E-state index contributed by atoms with van der Waals surface area (Å²) in [5.41, 5.74) is 0. The van der Waals surface area contributed by atoms with E-state index < -0.39 is 18.0 Å². The molecular weight excluding hydrogens is 270 g/mol. The zero-order valence-electron chi connectivity index (χ0n) is 9.80. The van der Waals surface area contributed by atoms with Crippen molar-refractivity contribution >= 4 is 34.3 Å². The van der Waals surface area contributed by atoms with Crippen LogP contribution in [0.5, 0.6) is 0 Å². The van der Waals surface area contributed by atoms with Crippen molar-refractivity contribution in [3.8, 4) is 0 Å². The molecule has 2 aliphatic rings. The Hall–Kier alpha value is -2.03. The second-order valence-electron chi connectivity index (χ2n) is 4.49. The van der Waals surface area contributed by atoms with E-state index in [1.54, 1.807) is 0 Å². The van der Waals surface area contributed by atoms with Crippen molar-refractivity contribution in [2.24, 2.45) is 0 Å². The summed E-state index contributed by atoms with van der Waals surface area (Å²) < 4.78 is 0. The molecule has 1 atom stereocenters. The molecule has 1 unspecified atom stereocenters. The molecule has 4 amide bonds. The molecule has 0 spiro atoms. The third-order valence-corrected chi connectivity index (χ3v) is 3.86. The second-order valence-corrected chi connectivity index (χ2v) is 5.50. The number of carbonyl (C=O) groups excluding carboxylic acids is 3. The van der Waals surface area contributed by atoms with Crippen LogP contribution in [-0.4, -0.2) is 34.1 Å². The Bertz CT molecular complexity index is 553. The van der Waals surface area contributed by atoms with E-state index in [0.29, 0.717) is 11.0 Å². The Balaban J connectivity index is 1.55. The van der Waals surface area contributed by atoms with Crippen LogP contribution in [0.1, 0.15) is 30.2 Å². The minimum atomic E-state index is -0.816. The Morgan fingerprint density at radius 3 is 2.79 bits per heavy atom. The fourth-order valence-corrected chi connectivity index (χ4v) is 2.67. The molecule has 0 radical (unpaired) electrons. The number of rotatable bonds is 4. The van der Waals surface area contributed by atoms with Gasteiger partial charge in [0.2, 0.25) is 11.0 Å². The number of aromatic nitrogens is 2. The van der Waals surface area contributed by atoms with Crippen molar-refractivity contribution in [3.63, 3.8) is 0 Å². The molecule has 1 aromatic rings. The molecule has 0 bridgehead atoms. The van der Waals surface area contributed by atoms with Gasteiger partial charge in [0.25, 0.3) is 5.91 Å². The van der Waals surface area contributed by atoms with E-state index in [1.165, 1.54) is 11.3 Å². The molecule has 1 aliphatic carbocycles. The molecule has 3 N–H and O–H groups in total. The first-order valence-electron chi connectivity index (χ1n) is 5.86. The van der Waals surface area contributed by atoms with Crippen LogP contribution in [0.15, 0.2) is 0 Å². The molecule has 0 aromatic carbocycles. The number of hydrogen-bond acceptors (Lipinski definition) is 6. The lowest BCUT2D eigenvalue weighted by molar-refractivity contribution is -0.124. The summed E-state index contributed by atoms with van der Waals surface area (Å²) in [5, 5.41) is 16.2. The second kappa shape index (κ2) is 4.57. The SMILES string of the molecule is O=C(CC1NC(=O)NC1=O)Nc1nnc(C2CC2)s1. The van der Waals surface area contributed by atoms with Crippen LogP contribution in [0, 0.1) is 0 Å². The zero-order valence-corrected chi connectivity index (χ0v) is 10.6. The number of anilines is 1. The highest BCUT2D eigenvalue weighted by Gasteiger charge is 2.32. The van der Waals surface area contributed by atoms with Gasteiger partial charge < -0.3 is 10.6 Å². The molecule has 3 rings (SSSR count). The van der Waals surface area contributed by atoms with Crippen LogP contribution in [0.3, 0.4) is 0 Å². The number of imide groups is 1. The number of amides is 4. The monoisotopic (exact) mass is 281 g/mol. The lowest BCUT2D eigenvalue weighted by Crippen LogP contribution is -2.33. The summed E-state index contributed by atoms with van der Waals surface area (Å²) in [6, 6.07) is -1.39. The topological polar surface area (TPSA) is 113 Å². The number of carbonyl (C=O) groups is 3. The molecule has 19 heavy (non-hydrogen) atoms. The molecule has 1 saturated carbocycles. The third-order valence-electron chi connectivity index (χ3n) is 2.86. The molecule has 8 nitrogen and oxygen atoms in total. The summed E-state index contributed by atoms with van der Waals surface area (Å²) in [4.78, 5) is 33.9. The van der Waals surface area contributed by atoms with Crippen LogP contribution in [0.4, 0.5) is 9.93 Å². The molecule has 1 saturated heterocycles. The first-order valence-corrected chi connectivity index (χ1v) is 6.68. The highest BCUT2D eigenvalue weighted by atomic mass is 32.1. The van der Waals surface area contributed by atoms with Gasteiger partial charge in [0, 0.05) is 5.92 Å². The van der Waals surface area contributed by atoms with E-state index in [-0.39, 0.29) is 12.3 Å². The van der Waals surface area contributed by atoms with E-state index in [9.17, 15) is 14.4 Å². The van der Waals surface area contributed by atoms with Gasteiger partial charge in [-0.05, 0) is 12.8 Å². The molecule has 9 heteroatoms. The van der Waals surface area contributed by atoms with Gasteiger partial charge in [0.15, 0.2) is 0 Å². The molecule has 1 aromatic heterocycles. The van der Waals surface area contributed by atoms with Gasteiger partial charge in [-0.1, -0.05) is 11.3 Å². The van der Waals surface area contributed by atoms with Crippen LogP contribution in [-0.2, 0) is 9.59 Å². The maximum atomic E-state index is 11.7.